The second-order valence-electron chi connectivity index (χ2n) is 11.5. The van der Waals surface area contributed by atoms with Crippen LogP contribution in [0.3, 0.4) is 0 Å². The van der Waals surface area contributed by atoms with Crippen molar-refractivity contribution in [3.05, 3.63) is 124 Å². The maximum atomic E-state index is 14.7. The van der Waals surface area contributed by atoms with E-state index in [9.17, 15) is 18.0 Å². The summed E-state index contributed by atoms with van der Waals surface area (Å²) in [6.07, 6.45) is 1.91. The fourth-order valence-corrected chi connectivity index (χ4v) is 6.73. The van der Waals surface area contributed by atoms with Crippen molar-refractivity contribution in [1.82, 2.24) is 10.2 Å². The molecular formula is C37H42ClN3O5S. The Labute approximate surface area is 283 Å². The third-order valence-corrected chi connectivity index (χ3v) is 9.88. The van der Waals surface area contributed by atoms with Gasteiger partial charge < -0.3 is 15.0 Å². The summed E-state index contributed by atoms with van der Waals surface area (Å²) < 4.78 is 35.4. The number of methoxy groups -OCH3 is 1. The summed E-state index contributed by atoms with van der Waals surface area (Å²) >= 11 is 6.17. The molecule has 0 saturated heterocycles. The standard InChI is InChI=1S/C37H42ClN3O5S/c1-5-6-22-39-37(43)34(24-29-10-8-7-9-11-29)40(25-30-15-17-31(38)18-16-30)36(42)26-41(33-23-28(3)14-21-35(33)46-4)47(44,45)32-19-12-27(2)13-20-32/h7-21,23,34H,5-6,22,24-26H2,1-4H3,(H,39,43)/t34-/m0/s1. The van der Waals surface area contributed by atoms with E-state index in [0.717, 1.165) is 39.4 Å². The van der Waals surface area contributed by atoms with E-state index in [1.165, 1.54) is 24.1 Å². The molecule has 0 fully saturated rings. The molecule has 10 heteroatoms. The van der Waals surface area contributed by atoms with Crippen LogP contribution in [0, 0.1) is 13.8 Å². The van der Waals surface area contributed by atoms with Crippen LogP contribution >= 0.6 is 11.6 Å². The van der Waals surface area contributed by atoms with Gasteiger partial charge in [-0.1, -0.05) is 91.2 Å². The van der Waals surface area contributed by atoms with E-state index >= 15 is 0 Å². The first-order chi connectivity index (χ1) is 22.5. The average Bonchev–Trinajstić information content (AvgIpc) is 3.06. The van der Waals surface area contributed by atoms with Crippen molar-refractivity contribution in [3.8, 4) is 5.75 Å². The quantitative estimate of drug-likeness (QED) is 0.141. The van der Waals surface area contributed by atoms with Gasteiger partial charge in [0.25, 0.3) is 10.0 Å². The van der Waals surface area contributed by atoms with Gasteiger partial charge >= 0.3 is 0 Å². The molecule has 0 unspecified atom stereocenters. The van der Waals surface area contributed by atoms with Gasteiger partial charge in [0.1, 0.15) is 18.3 Å². The summed E-state index contributed by atoms with van der Waals surface area (Å²) in [5.41, 5.74) is 3.50. The Kier molecular flexibility index (Phi) is 12.4. The molecule has 47 heavy (non-hydrogen) atoms. The van der Waals surface area contributed by atoms with Crippen molar-refractivity contribution < 1.29 is 22.7 Å². The zero-order valence-corrected chi connectivity index (χ0v) is 28.9. The normalized spacial score (nSPS) is 11.9. The van der Waals surface area contributed by atoms with E-state index in [-0.39, 0.29) is 29.5 Å². The van der Waals surface area contributed by atoms with E-state index in [1.54, 1.807) is 48.5 Å². The van der Waals surface area contributed by atoms with Crippen LogP contribution in [0.4, 0.5) is 5.69 Å². The fourth-order valence-electron chi connectivity index (χ4n) is 5.19. The predicted octanol–water partition coefficient (Wildman–Crippen LogP) is 6.72. The minimum absolute atomic E-state index is 0.0295. The van der Waals surface area contributed by atoms with Crippen molar-refractivity contribution in [2.45, 2.75) is 57.5 Å². The van der Waals surface area contributed by atoms with Gasteiger partial charge in [0, 0.05) is 24.5 Å². The van der Waals surface area contributed by atoms with Gasteiger partial charge in [-0.05, 0) is 73.4 Å². The molecule has 4 rings (SSSR count). The summed E-state index contributed by atoms with van der Waals surface area (Å²) in [5, 5.41) is 3.53. The molecule has 0 radical (unpaired) electrons. The Hall–Kier alpha value is -4.34. The largest absolute Gasteiger partial charge is 0.495 e. The minimum atomic E-state index is -4.26. The molecule has 1 atom stereocenters. The highest BCUT2D eigenvalue weighted by Crippen LogP contribution is 2.34. The first-order valence-corrected chi connectivity index (χ1v) is 17.4. The Bertz CT molecular complexity index is 1750. The Morgan fingerprint density at radius 1 is 0.872 bits per heavy atom. The third kappa shape index (κ3) is 9.36. The van der Waals surface area contributed by atoms with Crippen LogP contribution in [0.25, 0.3) is 0 Å². The van der Waals surface area contributed by atoms with Gasteiger partial charge in [-0.2, -0.15) is 0 Å². The molecular weight excluding hydrogens is 634 g/mol. The lowest BCUT2D eigenvalue weighted by atomic mass is 10.0. The van der Waals surface area contributed by atoms with Gasteiger partial charge in [0.2, 0.25) is 11.8 Å². The maximum absolute atomic E-state index is 14.7. The number of halogens is 1. The minimum Gasteiger partial charge on any atom is -0.495 e. The van der Waals surface area contributed by atoms with E-state index < -0.39 is 28.5 Å². The number of carbonyl (C=O) groups excluding carboxylic acids is 2. The maximum Gasteiger partial charge on any atom is 0.264 e. The summed E-state index contributed by atoms with van der Waals surface area (Å²) in [7, 11) is -2.81. The predicted molar refractivity (Wildman–Crippen MR) is 187 cm³/mol. The smallest absolute Gasteiger partial charge is 0.264 e. The van der Waals surface area contributed by atoms with Crippen molar-refractivity contribution in [2.75, 3.05) is 24.5 Å². The molecule has 0 saturated carbocycles. The van der Waals surface area contributed by atoms with Crippen LogP contribution in [-0.2, 0) is 32.6 Å². The number of nitrogens with one attached hydrogen (secondary N) is 1. The number of sulfonamides is 1. The van der Waals surface area contributed by atoms with Crippen LogP contribution in [-0.4, -0.2) is 51.4 Å². The molecule has 0 heterocycles. The van der Waals surface area contributed by atoms with Crippen LogP contribution in [0.1, 0.15) is 42.0 Å². The number of unbranched alkanes of at least 4 members (excludes halogenated alkanes) is 1. The number of amides is 2. The lowest BCUT2D eigenvalue weighted by Crippen LogP contribution is -2.53. The van der Waals surface area contributed by atoms with Gasteiger partial charge in [0.15, 0.2) is 0 Å². The van der Waals surface area contributed by atoms with Crippen molar-refractivity contribution >= 4 is 39.1 Å². The number of hydrogen-bond acceptors (Lipinski definition) is 5. The lowest BCUT2D eigenvalue weighted by molar-refractivity contribution is -0.140. The molecule has 248 valence electrons. The highest BCUT2D eigenvalue weighted by atomic mass is 35.5. The number of anilines is 1. The Balaban J connectivity index is 1.83. The first kappa shape index (κ1) is 35.5. The fraction of sp³-hybridized carbons (Fsp3) is 0.297. The average molecular weight is 676 g/mol. The molecule has 1 N–H and O–H groups in total. The molecule has 8 nitrogen and oxygen atoms in total. The first-order valence-electron chi connectivity index (χ1n) is 15.6. The van der Waals surface area contributed by atoms with E-state index in [0.29, 0.717) is 17.3 Å². The molecule has 0 bridgehead atoms. The second-order valence-corrected chi connectivity index (χ2v) is 13.8. The molecule has 0 aliphatic carbocycles. The van der Waals surface area contributed by atoms with Crippen LogP contribution < -0.4 is 14.4 Å². The van der Waals surface area contributed by atoms with E-state index in [2.05, 4.69) is 5.32 Å². The number of aryl methyl sites for hydroxylation is 2. The van der Waals surface area contributed by atoms with Crippen LogP contribution in [0.2, 0.25) is 5.02 Å². The molecule has 0 aliphatic heterocycles. The SMILES string of the molecule is CCCCNC(=O)[C@H](Cc1ccccc1)N(Cc1ccc(Cl)cc1)C(=O)CN(c1cc(C)ccc1OC)S(=O)(=O)c1ccc(C)cc1. The van der Waals surface area contributed by atoms with Crippen LogP contribution in [0.15, 0.2) is 102 Å². The summed E-state index contributed by atoms with van der Waals surface area (Å²) in [4.78, 5) is 30.0. The Morgan fingerprint density at radius 3 is 2.17 bits per heavy atom. The van der Waals surface area contributed by atoms with Gasteiger partial charge in [-0.25, -0.2) is 8.42 Å². The Morgan fingerprint density at radius 2 is 1.53 bits per heavy atom. The number of ether oxygens (including phenoxy) is 1. The topological polar surface area (TPSA) is 96.0 Å². The number of hydrogen-bond donors (Lipinski definition) is 1. The molecule has 2 amide bonds. The summed E-state index contributed by atoms with van der Waals surface area (Å²) in [6, 6.07) is 27.2. The van der Waals surface area contributed by atoms with Crippen molar-refractivity contribution in [2.24, 2.45) is 0 Å². The third-order valence-electron chi connectivity index (χ3n) is 7.86. The zero-order valence-electron chi connectivity index (χ0n) is 27.3. The second kappa shape index (κ2) is 16.5. The van der Waals surface area contributed by atoms with E-state index in [1.807, 2.05) is 57.2 Å². The molecule has 4 aromatic rings. The monoisotopic (exact) mass is 675 g/mol. The van der Waals surface area contributed by atoms with Gasteiger partial charge in [-0.3, -0.25) is 13.9 Å². The molecule has 4 aromatic carbocycles. The molecule has 0 aliphatic rings. The summed E-state index contributed by atoms with van der Waals surface area (Å²) in [5.74, 6) is -0.571. The molecule has 0 spiro atoms. The van der Waals surface area contributed by atoms with Crippen molar-refractivity contribution in [1.29, 1.82) is 0 Å². The zero-order chi connectivity index (χ0) is 34.0. The van der Waals surface area contributed by atoms with Gasteiger partial charge in [0.05, 0.1) is 17.7 Å². The lowest BCUT2D eigenvalue weighted by Gasteiger charge is -2.34. The number of carbonyl (C=O) groups is 2. The number of nitrogens with zero attached hydrogens (tertiary/aromatic N) is 2. The highest BCUT2D eigenvalue weighted by Gasteiger charge is 2.35. The highest BCUT2D eigenvalue weighted by molar-refractivity contribution is 7.92. The van der Waals surface area contributed by atoms with E-state index in [4.69, 9.17) is 16.3 Å². The van der Waals surface area contributed by atoms with Gasteiger partial charge in [-0.15, -0.1) is 0 Å². The van der Waals surface area contributed by atoms with Crippen LogP contribution in [0.5, 0.6) is 5.75 Å². The number of benzene rings is 4. The number of rotatable bonds is 15. The molecule has 0 aromatic heterocycles. The summed E-state index contributed by atoms with van der Waals surface area (Å²) in [6.45, 7) is 5.68. The van der Waals surface area contributed by atoms with Crippen molar-refractivity contribution in [3.63, 3.8) is 0 Å².